The van der Waals surface area contributed by atoms with E-state index in [0.717, 1.165) is 4.47 Å². The maximum Gasteiger partial charge on any atom is 0.309 e. The largest absolute Gasteiger partial charge is 0.481 e. The molecule has 0 radical (unpaired) electrons. The Hall–Kier alpha value is -1.43. The molecule has 0 spiro atoms. The van der Waals surface area contributed by atoms with Crippen molar-refractivity contribution in [1.29, 1.82) is 0 Å². The van der Waals surface area contributed by atoms with E-state index in [1.54, 1.807) is 30.2 Å². The number of carboxylic acid groups (broad SMARTS) is 1. The van der Waals surface area contributed by atoms with E-state index in [9.17, 15) is 9.59 Å². The van der Waals surface area contributed by atoms with E-state index in [2.05, 4.69) is 20.9 Å². The van der Waals surface area contributed by atoms with Gasteiger partial charge in [-0.3, -0.25) is 9.59 Å². The van der Waals surface area contributed by atoms with Gasteiger partial charge in [0.05, 0.1) is 5.41 Å². The van der Waals surface area contributed by atoms with Gasteiger partial charge < -0.3 is 10.0 Å². The van der Waals surface area contributed by atoms with Gasteiger partial charge in [-0.15, -0.1) is 0 Å². The highest BCUT2D eigenvalue weighted by Crippen LogP contribution is 2.31. The molecule has 1 fully saturated rings. The van der Waals surface area contributed by atoms with Crippen LogP contribution in [0.5, 0.6) is 0 Å². The first-order valence-electron chi connectivity index (χ1n) is 6.07. The van der Waals surface area contributed by atoms with Gasteiger partial charge in [-0.25, -0.2) is 4.98 Å². The average molecular weight is 327 g/mol. The molecule has 102 valence electrons. The fourth-order valence-electron chi connectivity index (χ4n) is 2.08. The maximum absolute atomic E-state index is 12.2. The number of hydrogen-bond donors (Lipinski definition) is 1. The van der Waals surface area contributed by atoms with E-state index in [1.165, 1.54) is 0 Å². The lowest BCUT2D eigenvalue weighted by atomic mass is 9.80. The monoisotopic (exact) mass is 326 g/mol. The number of aromatic nitrogens is 1. The van der Waals surface area contributed by atoms with E-state index in [-0.39, 0.29) is 5.91 Å². The number of carbonyl (C=O) groups is 2. The van der Waals surface area contributed by atoms with Crippen LogP contribution >= 0.6 is 15.9 Å². The van der Waals surface area contributed by atoms with E-state index >= 15 is 0 Å². The summed E-state index contributed by atoms with van der Waals surface area (Å²) in [7, 11) is 0. The third-order valence-electron chi connectivity index (χ3n) is 3.62. The Morgan fingerprint density at radius 3 is 2.47 bits per heavy atom. The molecule has 0 aliphatic carbocycles. The van der Waals surface area contributed by atoms with Crippen LogP contribution in [0, 0.1) is 5.41 Å². The lowest BCUT2D eigenvalue weighted by molar-refractivity contribution is -0.150. The molecule has 19 heavy (non-hydrogen) atoms. The van der Waals surface area contributed by atoms with Crippen molar-refractivity contribution < 1.29 is 14.7 Å². The number of nitrogens with zero attached hydrogens (tertiary/aromatic N) is 2. The zero-order valence-electron chi connectivity index (χ0n) is 10.6. The molecular formula is C13H15BrN2O3. The van der Waals surface area contributed by atoms with Crippen LogP contribution in [0.25, 0.3) is 0 Å². The lowest BCUT2D eigenvalue weighted by Crippen LogP contribution is -2.45. The molecule has 0 bridgehead atoms. The number of amides is 1. The zero-order valence-corrected chi connectivity index (χ0v) is 12.2. The van der Waals surface area contributed by atoms with Crippen molar-refractivity contribution in [2.75, 3.05) is 13.1 Å². The van der Waals surface area contributed by atoms with Gasteiger partial charge in [0.2, 0.25) is 0 Å². The second kappa shape index (κ2) is 5.28. The summed E-state index contributed by atoms with van der Waals surface area (Å²) in [4.78, 5) is 29.1. The zero-order chi connectivity index (χ0) is 14.0. The third kappa shape index (κ3) is 2.94. The Morgan fingerprint density at radius 2 is 2.00 bits per heavy atom. The molecule has 1 aliphatic heterocycles. The summed E-state index contributed by atoms with van der Waals surface area (Å²) in [6, 6.07) is 3.43. The molecule has 5 nitrogen and oxygen atoms in total. The van der Waals surface area contributed by atoms with Crippen LogP contribution in [0.2, 0.25) is 0 Å². The van der Waals surface area contributed by atoms with Gasteiger partial charge in [0.15, 0.2) is 0 Å². The number of aliphatic carboxylic acids is 1. The number of halogens is 1. The van der Waals surface area contributed by atoms with Crippen molar-refractivity contribution in [1.82, 2.24) is 9.88 Å². The summed E-state index contributed by atoms with van der Waals surface area (Å²) >= 11 is 3.27. The molecule has 2 rings (SSSR count). The molecule has 0 saturated carbocycles. The number of pyridine rings is 1. The number of rotatable bonds is 2. The van der Waals surface area contributed by atoms with Crippen LogP contribution in [-0.4, -0.2) is 40.0 Å². The van der Waals surface area contributed by atoms with Crippen LogP contribution in [0.1, 0.15) is 30.3 Å². The minimum absolute atomic E-state index is 0.139. The van der Waals surface area contributed by atoms with E-state index in [4.69, 9.17) is 5.11 Å². The highest BCUT2D eigenvalue weighted by Gasteiger charge is 2.38. The Balaban J connectivity index is 2.04. The molecule has 1 saturated heterocycles. The Labute approximate surface area is 119 Å². The molecule has 1 N–H and O–H groups in total. The summed E-state index contributed by atoms with van der Waals surface area (Å²) in [5.41, 5.74) is -0.327. The average Bonchev–Trinajstić information content (AvgIpc) is 2.39. The highest BCUT2D eigenvalue weighted by atomic mass is 79.9. The van der Waals surface area contributed by atoms with E-state index in [0.29, 0.717) is 31.6 Å². The SMILES string of the molecule is CC1(C(=O)O)CCN(C(=O)c2ccc(Br)cn2)CC1. The number of hydrogen-bond acceptors (Lipinski definition) is 3. The smallest absolute Gasteiger partial charge is 0.309 e. The number of likely N-dealkylation sites (tertiary alicyclic amines) is 1. The van der Waals surface area contributed by atoms with Crippen molar-refractivity contribution in [2.45, 2.75) is 19.8 Å². The normalized spacial score (nSPS) is 18.1. The first-order chi connectivity index (χ1) is 8.92. The molecule has 1 aromatic heterocycles. The van der Waals surface area contributed by atoms with E-state index < -0.39 is 11.4 Å². The molecule has 6 heteroatoms. The third-order valence-corrected chi connectivity index (χ3v) is 4.09. The van der Waals surface area contributed by atoms with Crippen LogP contribution in [0.4, 0.5) is 0 Å². The van der Waals surface area contributed by atoms with Gasteiger partial charge in [0.25, 0.3) is 5.91 Å². The molecule has 2 heterocycles. The van der Waals surface area contributed by atoms with Gasteiger partial charge in [0.1, 0.15) is 5.69 Å². The summed E-state index contributed by atoms with van der Waals surface area (Å²) in [5, 5.41) is 9.15. The van der Waals surface area contributed by atoms with Gasteiger partial charge in [0, 0.05) is 23.8 Å². The Morgan fingerprint density at radius 1 is 1.37 bits per heavy atom. The van der Waals surface area contributed by atoms with Crippen molar-refractivity contribution in [3.05, 3.63) is 28.5 Å². The predicted octanol–water partition coefficient (Wildman–Crippen LogP) is 2.17. The topological polar surface area (TPSA) is 70.5 Å². The lowest BCUT2D eigenvalue weighted by Gasteiger charge is -2.36. The summed E-state index contributed by atoms with van der Waals surface area (Å²) in [5.74, 6) is -0.929. The van der Waals surface area contributed by atoms with Crippen molar-refractivity contribution in [2.24, 2.45) is 5.41 Å². The second-order valence-corrected chi connectivity index (χ2v) is 5.94. The van der Waals surface area contributed by atoms with Crippen LogP contribution in [-0.2, 0) is 4.79 Å². The molecular weight excluding hydrogens is 312 g/mol. The fraction of sp³-hybridized carbons (Fsp3) is 0.462. The second-order valence-electron chi connectivity index (χ2n) is 5.02. The van der Waals surface area contributed by atoms with Gasteiger partial charge in [-0.2, -0.15) is 0 Å². The molecule has 0 atom stereocenters. The number of piperidine rings is 1. The first kappa shape index (κ1) is 14.0. The molecule has 1 amide bonds. The van der Waals surface area contributed by atoms with Gasteiger partial charge >= 0.3 is 5.97 Å². The quantitative estimate of drug-likeness (QED) is 0.904. The minimum Gasteiger partial charge on any atom is -0.481 e. The van der Waals surface area contributed by atoms with Gasteiger partial charge in [-0.1, -0.05) is 0 Å². The summed E-state index contributed by atoms with van der Waals surface area (Å²) < 4.78 is 0.821. The predicted molar refractivity (Wildman–Crippen MR) is 72.8 cm³/mol. The summed E-state index contributed by atoms with van der Waals surface area (Å²) in [6.45, 7) is 2.65. The Kier molecular flexibility index (Phi) is 3.89. The van der Waals surface area contributed by atoms with Crippen LogP contribution in [0.3, 0.4) is 0 Å². The Bertz CT molecular complexity index is 493. The van der Waals surface area contributed by atoms with Crippen molar-refractivity contribution in [3.8, 4) is 0 Å². The van der Waals surface area contributed by atoms with Crippen LogP contribution in [0.15, 0.2) is 22.8 Å². The van der Waals surface area contributed by atoms with Gasteiger partial charge in [-0.05, 0) is 47.8 Å². The molecule has 0 unspecified atom stereocenters. The summed E-state index contributed by atoms with van der Waals surface area (Å²) in [6.07, 6.45) is 2.54. The molecule has 1 aromatic rings. The van der Waals surface area contributed by atoms with Crippen molar-refractivity contribution >= 4 is 27.8 Å². The number of carbonyl (C=O) groups excluding carboxylic acids is 1. The number of carboxylic acids is 1. The first-order valence-corrected chi connectivity index (χ1v) is 6.86. The van der Waals surface area contributed by atoms with E-state index in [1.807, 2.05) is 0 Å². The van der Waals surface area contributed by atoms with Crippen LogP contribution < -0.4 is 0 Å². The minimum atomic E-state index is -0.790. The fourth-order valence-corrected chi connectivity index (χ4v) is 2.32. The standard InChI is InChI=1S/C13H15BrN2O3/c1-13(12(18)19)4-6-16(7-5-13)11(17)10-3-2-9(14)8-15-10/h2-3,8H,4-7H2,1H3,(H,18,19). The van der Waals surface area contributed by atoms with Crippen molar-refractivity contribution in [3.63, 3.8) is 0 Å². The molecule has 1 aliphatic rings. The molecule has 0 aromatic carbocycles. The highest BCUT2D eigenvalue weighted by molar-refractivity contribution is 9.10. The maximum atomic E-state index is 12.2.